The third kappa shape index (κ3) is 1.80. The van der Waals surface area contributed by atoms with E-state index in [1.165, 1.54) is 12.4 Å². The summed E-state index contributed by atoms with van der Waals surface area (Å²) >= 11 is 0. The van der Waals surface area contributed by atoms with E-state index in [4.69, 9.17) is 0 Å². The van der Waals surface area contributed by atoms with Gasteiger partial charge in [0.15, 0.2) is 11.6 Å². The molecule has 0 spiro atoms. The standard InChI is InChI=1S/C13H13F2N3/c14-9-3-1-5-11(13(9)15)18-8-16-7-12(18)10-4-2-6-17-10/h1,3,5,7-8,10,17H,2,4,6H2. The molecule has 0 aliphatic carbocycles. The van der Waals surface area contributed by atoms with E-state index < -0.39 is 11.6 Å². The Labute approximate surface area is 103 Å². The number of nitrogens with zero attached hydrogens (tertiary/aromatic N) is 2. The van der Waals surface area contributed by atoms with Gasteiger partial charge in [0.2, 0.25) is 0 Å². The summed E-state index contributed by atoms with van der Waals surface area (Å²) in [5, 5.41) is 3.33. The Kier molecular flexibility index (Phi) is 2.83. The van der Waals surface area contributed by atoms with E-state index in [0.29, 0.717) is 0 Å². The molecule has 0 bridgehead atoms. The van der Waals surface area contributed by atoms with Gasteiger partial charge in [-0.3, -0.25) is 4.57 Å². The maximum atomic E-state index is 13.8. The fourth-order valence-electron chi connectivity index (χ4n) is 2.38. The van der Waals surface area contributed by atoms with Crippen molar-refractivity contribution in [2.75, 3.05) is 6.54 Å². The van der Waals surface area contributed by atoms with E-state index >= 15 is 0 Å². The van der Waals surface area contributed by atoms with Crippen LogP contribution in [0.5, 0.6) is 0 Å². The Hall–Kier alpha value is -1.75. The molecule has 1 aliphatic rings. The van der Waals surface area contributed by atoms with Crippen molar-refractivity contribution in [1.82, 2.24) is 14.9 Å². The molecule has 2 heterocycles. The highest BCUT2D eigenvalue weighted by atomic mass is 19.2. The first kappa shape index (κ1) is 11.3. The van der Waals surface area contributed by atoms with Crippen molar-refractivity contribution < 1.29 is 8.78 Å². The van der Waals surface area contributed by atoms with Gasteiger partial charge in [0.05, 0.1) is 23.9 Å². The summed E-state index contributed by atoms with van der Waals surface area (Å²) in [4.78, 5) is 4.05. The molecule has 3 nitrogen and oxygen atoms in total. The molecule has 5 heteroatoms. The van der Waals surface area contributed by atoms with Crippen LogP contribution in [0.4, 0.5) is 8.78 Å². The summed E-state index contributed by atoms with van der Waals surface area (Å²) in [7, 11) is 0. The predicted octanol–water partition coefficient (Wildman–Crippen LogP) is 2.58. The van der Waals surface area contributed by atoms with E-state index in [2.05, 4.69) is 10.3 Å². The number of halogens is 2. The quantitative estimate of drug-likeness (QED) is 0.886. The summed E-state index contributed by atoms with van der Waals surface area (Å²) < 4.78 is 28.7. The second kappa shape index (κ2) is 4.49. The maximum Gasteiger partial charge on any atom is 0.182 e. The lowest BCUT2D eigenvalue weighted by Crippen LogP contribution is -2.16. The lowest BCUT2D eigenvalue weighted by molar-refractivity contribution is 0.501. The van der Waals surface area contributed by atoms with Crippen molar-refractivity contribution >= 4 is 0 Å². The molecule has 1 fully saturated rings. The van der Waals surface area contributed by atoms with Gasteiger partial charge >= 0.3 is 0 Å². The molecule has 2 aromatic rings. The van der Waals surface area contributed by atoms with Crippen molar-refractivity contribution in [3.05, 3.63) is 48.1 Å². The van der Waals surface area contributed by atoms with E-state index in [-0.39, 0.29) is 11.7 Å². The Bertz CT molecular complexity index is 559. The fraction of sp³-hybridized carbons (Fsp3) is 0.308. The molecule has 18 heavy (non-hydrogen) atoms. The van der Waals surface area contributed by atoms with Crippen molar-refractivity contribution in [1.29, 1.82) is 0 Å². The molecule has 3 rings (SSSR count). The zero-order valence-electron chi connectivity index (χ0n) is 9.74. The number of hydrogen-bond donors (Lipinski definition) is 1. The van der Waals surface area contributed by atoms with Crippen LogP contribution in [0.15, 0.2) is 30.7 Å². The Morgan fingerprint density at radius 1 is 1.33 bits per heavy atom. The highest BCUT2D eigenvalue weighted by molar-refractivity contribution is 5.36. The summed E-state index contributed by atoms with van der Waals surface area (Å²) in [6.07, 6.45) is 5.30. The number of aromatic nitrogens is 2. The van der Waals surface area contributed by atoms with Gasteiger partial charge in [0.25, 0.3) is 0 Å². The molecule has 1 atom stereocenters. The minimum absolute atomic E-state index is 0.162. The molecule has 1 aromatic heterocycles. The molecular weight excluding hydrogens is 236 g/mol. The average Bonchev–Trinajstić information content (AvgIpc) is 3.01. The molecule has 0 radical (unpaired) electrons. The van der Waals surface area contributed by atoms with E-state index in [0.717, 1.165) is 31.1 Å². The predicted molar refractivity (Wildman–Crippen MR) is 63.5 cm³/mol. The van der Waals surface area contributed by atoms with Gasteiger partial charge in [-0.2, -0.15) is 0 Å². The molecule has 1 unspecified atom stereocenters. The van der Waals surface area contributed by atoms with Crippen LogP contribution in [0.3, 0.4) is 0 Å². The second-order valence-corrected chi connectivity index (χ2v) is 4.41. The topological polar surface area (TPSA) is 29.9 Å². The summed E-state index contributed by atoms with van der Waals surface area (Å²) in [6, 6.07) is 4.33. The van der Waals surface area contributed by atoms with Crippen LogP contribution in [-0.2, 0) is 0 Å². The van der Waals surface area contributed by atoms with Crippen LogP contribution < -0.4 is 5.32 Å². The zero-order chi connectivity index (χ0) is 12.5. The lowest BCUT2D eigenvalue weighted by atomic mass is 10.1. The molecular formula is C13H13F2N3. The van der Waals surface area contributed by atoms with Crippen molar-refractivity contribution in [3.63, 3.8) is 0 Å². The molecule has 0 saturated carbocycles. The van der Waals surface area contributed by atoms with Crippen LogP contribution in [0.25, 0.3) is 5.69 Å². The second-order valence-electron chi connectivity index (χ2n) is 4.41. The molecule has 1 aromatic carbocycles. The van der Waals surface area contributed by atoms with Crippen molar-refractivity contribution in [2.24, 2.45) is 0 Å². The SMILES string of the molecule is Fc1cccc(-n2cncc2C2CCCN2)c1F. The third-order valence-electron chi connectivity index (χ3n) is 3.28. The van der Waals surface area contributed by atoms with Crippen LogP contribution in [0.1, 0.15) is 24.6 Å². The zero-order valence-corrected chi connectivity index (χ0v) is 9.74. The summed E-state index contributed by atoms with van der Waals surface area (Å²) in [5.41, 5.74) is 1.08. The Balaban J connectivity index is 2.06. The number of benzene rings is 1. The van der Waals surface area contributed by atoms with E-state index in [1.807, 2.05) is 0 Å². The van der Waals surface area contributed by atoms with E-state index in [1.54, 1.807) is 16.8 Å². The van der Waals surface area contributed by atoms with Gasteiger partial charge in [-0.25, -0.2) is 13.8 Å². The van der Waals surface area contributed by atoms with Gasteiger partial charge < -0.3 is 5.32 Å². The van der Waals surface area contributed by atoms with Gasteiger partial charge in [0, 0.05) is 6.04 Å². The van der Waals surface area contributed by atoms with Crippen LogP contribution in [0.2, 0.25) is 0 Å². The van der Waals surface area contributed by atoms with Gasteiger partial charge in [-0.05, 0) is 31.5 Å². The lowest BCUT2D eigenvalue weighted by Gasteiger charge is -2.14. The average molecular weight is 249 g/mol. The van der Waals surface area contributed by atoms with Gasteiger partial charge in [0.1, 0.15) is 0 Å². The monoisotopic (exact) mass is 249 g/mol. The van der Waals surface area contributed by atoms with Gasteiger partial charge in [-0.1, -0.05) is 6.07 Å². The van der Waals surface area contributed by atoms with E-state index in [9.17, 15) is 8.78 Å². The number of nitrogens with one attached hydrogen (secondary N) is 1. The van der Waals surface area contributed by atoms with Crippen LogP contribution in [-0.4, -0.2) is 16.1 Å². The van der Waals surface area contributed by atoms with Crippen LogP contribution in [0, 0.1) is 11.6 Å². The fourth-order valence-corrected chi connectivity index (χ4v) is 2.38. The first-order valence-corrected chi connectivity index (χ1v) is 5.97. The summed E-state index contributed by atoms with van der Waals surface area (Å²) in [5.74, 6) is -1.68. The van der Waals surface area contributed by atoms with Gasteiger partial charge in [-0.15, -0.1) is 0 Å². The maximum absolute atomic E-state index is 13.8. The molecule has 94 valence electrons. The van der Waals surface area contributed by atoms with Crippen molar-refractivity contribution in [2.45, 2.75) is 18.9 Å². The number of imidazole rings is 1. The van der Waals surface area contributed by atoms with Crippen LogP contribution >= 0.6 is 0 Å². The minimum Gasteiger partial charge on any atom is -0.309 e. The minimum atomic E-state index is -0.841. The first-order valence-electron chi connectivity index (χ1n) is 5.97. The highest BCUT2D eigenvalue weighted by Gasteiger charge is 2.21. The smallest absolute Gasteiger partial charge is 0.182 e. The molecule has 1 N–H and O–H groups in total. The Morgan fingerprint density at radius 2 is 2.22 bits per heavy atom. The normalized spacial score (nSPS) is 19.3. The Morgan fingerprint density at radius 3 is 3.00 bits per heavy atom. The third-order valence-corrected chi connectivity index (χ3v) is 3.28. The number of rotatable bonds is 2. The molecule has 1 aliphatic heterocycles. The largest absolute Gasteiger partial charge is 0.309 e. The highest BCUT2D eigenvalue weighted by Crippen LogP contribution is 2.26. The first-order chi connectivity index (χ1) is 8.77. The van der Waals surface area contributed by atoms with Crippen molar-refractivity contribution in [3.8, 4) is 5.69 Å². The summed E-state index contributed by atoms with van der Waals surface area (Å²) in [6.45, 7) is 0.946. The number of hydrogen-bond acceptors (Lipinski definition) is 2. The molecule has 1 saturated heterocycles. The molecule has 0 amide bonds.